The maximum absolute atomic E-state index is 2.62. The molecule has 0 radical (unpaired) electrons. The molecule has 1 saturated carbocycles. The number of fused-ring (bicyclic) bond motifs is 3. The van der Waals surface area contributed by atoms with Crippen molar-refractivity contribution in [1.29, 1.82) is 0 Å². The van der Waals surface area contributed by atoms with Gasteiger partial charge >= 0.3 is 259 Å². The Morgan fingerprint density at radius 2 is 1.19 bits per heavy atom. The van der Waals surface area contributed by atoms with Crippen molar-refractivity contribution in [2.24, 2.45) is 5.92 Å². The molecular formula is C40H48Cl2Zr. The minimum absolute atomic E-state index is 0. The van der Waals surface area contributed by atoms with Gasteiger partial charge in [-0.2, -0.15) is 0 Å². The summed E-state index contributed by atoms with van der Waals surface area (Å²) in [5, 5.41) is 0. The fraction of sp³-hybridized carbons (Fsp3) is 0.425. The van der Waals surface area contributed by atoms with E-state index in [-0.39, 0.29) is 35.6 Å². The summed E-state index contributed by atoms with van der Waals surface area (Å²) < 4.78 is 3.02. The molecule has 3 aromatic carbocycles. The summed E-state index contributed by atoms with van der Waals surface area (Å²) in [7, 11) is 0. The van der Waals surface area contributed by atoms with Crippen LogP contribution in [0.15, 0.2) is 85.0 Å². The van der Waals surface area contributed by atoms with E-state index in [4.69, 9.17) is 0 Å². The van der Waals surface area contributed by atoms with E-state index in [1.54, 1.807) is 16.7 Å². The molecule has 0 spiro atoms. The number of hydrogen-bond donors (Lipinski definition) is 0. The second kappa shape index (κ2) is 13.1. The summed E-state index contributed by atoms with van der Waals surface area (Å²) >= 11 is -2.47. The Morgan fingerprint density at radius 3 is 1.58 bits per heavy atom. The molecule has 0 bridgehead atoms. The zero-order chi connectivity index (χ0) is 29.1. The van der Waals surface area contributed by atoms with Crippen molar-refractivity contribution >= 4 is 3.21 Å². The molecule has 3 aliphatic rings. The van der Waals surface area contributed by atoms with Crippen molar-refractivity contribution in [1.82, 2.24) is 0 Å². The fourth-order valence-corrected chi connectivity index (χ4v) is 17.2. The second-order valence-corrected chi connectivity index (χ2v) is 21.7. The number of hydrogen-bond acceptors (Lipinski definition) is 0. The average Bonchev–Trinajstić information content (AvgIpc) is 3.53. The van der Waals surface area contributed by atoms with Crippen LogP contribution in [-0.4, -0.2) is 3.21 Å². The molecule has 0 amide bonds. The van der Waals surface area contributed by atoms with Crippen molar-refractivity contribution in [3.05, 3.63) is 118 Å². The van der Waals surface area contributed by atoms with Crippen LogP contribution in [0.25, 0.3) is 11.1 Å². The third-order valence-electron chi connectivity index (χ3n) is 9.88. The fourth-order valence-electron chi connectivity index (χ4n) is 7.08. The summed E-state index contributed by atoms with van der Waals surface area (Å²) in [6, 6.07) is 24.8. The number of rotatable bonds is 5. The second-order valence-electron chi connectivity index (χ2n) is 15.1. The predicted octanol–water partition coefficient (Wildman–Crippen LogP) is 5.04. The Bertz CT molecular complexity index is 1480. The van der Waals surface area contributed by atoms with E-state index in [9.17, 15) is 0 Å². The first-order valence-corrected chi connectivity index (χ1v) is 20.0. The molecule has 0 aromatic heterocycles. The molecule has 0 saturated heterocycles. The Morgan fingerprint density at radius 1 is 0.698 bits per heavy atom. The van der Waals surface area contributed by atoms with Crippen molar-refractivity contribution in [2.45, 2.75) is 98.7 Å². The Balaban J connectivity index is 0.00000212. The van der Waals surface area contributed by atoms with Crippen molar-refractivity contribution in [3.63, 3.8) is 0 Å². The van der Waals surface area contributed by atoms with Gasteiger partial charge in [0.2, 0.25) is 0 Å². The molecule has 1 fully saturated rings. The largest absolute Gasteiger partial charge is 1.00 e. The van der Waals surface area contributed by atoms with Gasteiger partial charge in [-0.05, 0) is 0 Å². The van der Waals surface area contributed by atoms with Crippen LogP contribution in [0.1, 0.15) is 118 Å². The van der Waals surface area contributed by atoms with Gasteiger partial charge in [0.05, 0.1) is 0 Å². The molecule has 0 heterocycles. The molecule has 3 aromatic rings. The molecule has 0 unspecified atom stereocenters. The zero-order valence-corrected chi connectivity index (χ0v) is 31.2. The van der Waals surface area contributed by atoms with Gasteiger partial charge in [0.25, 0.3) is 0 Å². The van der Waals surface area contributed by atoms with E-state index >= 15 is 0 Å². The molecular weight excluding hydrogens is 643 g/mol. The minimum atomic E-state index is -2.47. The molecule has 0 atom stereocenters. The predicted molar refractivity (Wildman–Crippen MR) is 175 cm³/mol. The van der Waals surface area contributed by atoms with Crippen molar-refractivity contribution < 1.29 is 46.1 Å². The number of benzene rings is 3. The SMILES string of the molecule is CC(C)c1ccc([C](C2CCC2)=[Zr+2]([CH]2C=CC=C2)[CH]2c3cc(C(C)(C)C)ccc3-c3ccc(C(C)(C)C)cc32)cc1.[Cl-].[Cl-]. The smallest absolute Gasteiger partial charge is 1.00 e. The quantitative estimate of drug-likeness (QED) is 0.353. The van der Waals surface area contributed by atoms with E-state index < -0.39 is 21.3 Å². The summed E-state index contributed by atoms with van der Waals surface area (Å²) in [5.41, 5.74) is 12.4. The van der Waals surface area contributed by atoms with Crippen LogP contribution >= 0.6 is 0 Å². The van der Waals surface area contributed by atoms with E-state index in [0.29, 0.717) is 13.2 Å². The van der Waals surface area contributed by atoms with Gasteiger partial charge in [-0.25, -0.2) is 0 Å². The molecule has 0 N–H and O–H groups in total. The number of allylic oxidation sites excluding steroid dienone is 4. The maximum atomic E-state index is 2.62. The molecule has 6 rings (SSSR count). The topological polar surface area (TPSA) is 0 Å². The van der Waals surface area contributed by atoms with E-state index in [2.05, 4.69) is 140 Å². The zero-order valence-electron chi connectivity index (χ0n) is 27.3. The van der Waals surface area contributed by atoms with Gasteiger partial charge in [-0.15, -0.1) is 0 Å². The summed E-state index contributed by atoms with van der Waals surface area (Å²) in [6.45, 7) is 18.8. The number of halogens is 2. The first-order valence-electron chi connectivity index (χ1n) is 15.9. The monoisotopic (exact) mass is 688 g/mol. The Hall–Kier alpha value is -1.53. The standard InChI is InChI=1S/C21H25.C14H18.C5H5.2ClH.Zr/c1-20(2,3)16-7-9-18-14(12-16)11-15-13-17(21(4,5)6)8-10-19(15)18;1-11(2)14-8-6-13(7-9-14)10-12-4-3-5-12;1-2-4-5-3-1;;;/h7-13H,1-6H3;6-9,11-12H,3-5H2,1-2H3;1-5H;2*1H;/q;;;;;+2/p-2. The van der Waals surface area contributed by atoms with Crippen LogP contribution in [0, 0.1) is 5.92 Å². The van der Waals surface area contributed by atoms with Gasteiger partial charge in [0.15, 0.2) is 0 Å². The molecule has 0 aliphatic heterocycles. The van der Waals surface area contributed by atoms with Gasteiger partial charge < -0.3 is 24.8 Å². The Kier molecular flexibility index (Phi) is 10.4. The van der Waals surface area contributed by atoms with Gasteiger partial charge in [-0.1, -0.05) is 0 Å². The van der Waals surface area contributed by atoms with Crippen LogP contribution in [0.4, 0.5) is 0 Å². The molecule has 0 nitrogen and oxygen atoms in total. The first kappa shape index (κ1) is 34.3. The van der Waals surface area contributed by atoms with Crippen molar-refractivity contribution in [2.75, 3.05) is 0 Å². The average molecular weight is 691 g/mol. The third kappa shape index (κ3) is 6.57. The summed E-state index contributed by atoms with van der Waals surface area (Å²) in [5.74, 6) is 1.32. The van der Waals surface area contributed by atoms with E-state index in [0.717, 1.165) is 5.92 Å². The minimum Gasteiger partial charge on any atom is -1.00 e. The summed E-state index contributed by atoms with van der Waals surface area (Å²) in [6.07, 6.45) is 13.9. The van der Waals surface area contributed by atoms with Gasteiger partial charge in [0, 0.05) is 0 Å². The van der Waals surface area contributed by atoms with Gasteiger partial charge in [-0.3, -0.25) is 0 Å². The van der Waals surface area contributed by atoms with Crippen LogP contribution < -0.4 is 24.8 Å². The van der Waals surface area contributed by atoms with E-state index in [1.807, 2.05) is 3.21 Å². The molecule has 3 heteroatoms. The van der Waals surface area contributed by atoms with Crippen LogP contribution in [0.3, 0.4) is 0 Å². The van der Waals surface area contributed by atoms with Crippen molar-refractivity contribution in [3.8, 4) is 11.1 Å². The molecule has 3 aliphatic carbocycles. The van der Waals surface area contributed by atoms with Crippen LogP contribution in [0.2, 0.25) is 3.63 Å². The first-order chi connectivity index (χ1) is 19.4. The molecule has 226 valence electrons. The van der Waals surface area contributed by atoms with Crippen LogP contribution in [0.5, 0.6) is 0 Å². The van der Waals surface area contributed by atoms with E-state index in [1.165, 1.54) is 47.1 Å². The normalized spacial score (nSPS) is 16.8. The third-order valence-corrected chi connectivity index (χ3v) is 18.9. The molecule has 43 heavy (non-hydrogen) atoms. The van der Waals surface area contributed by atoms with Gasteiger partial charge in [0.1, 0.15) is 0 Å². The maximum Gasteiger partial charge on any atom is -1.00 e. The summed E-state index contributed by atoms with van der Waals surface area (Å²) in [4.78, 5) is 0. The Labute approximate surface area is 281 Å². The van der Waals surface area contributed by atoms with Crippen LogP contribution in [-0.2, 0) is 32.1 Å².